The van der Waals surface area contributed by atoms with E-state index < -0.39 is 0 Å². The van der Waals surface area contributed by atoms with E-state index in [1.807, 2.05) is 30.5 Å². The third kappa shape index (κ3) is 1.69. The van der Waals surface area contributed by atoms with E-state index in [4.69, 9.17) is 0 Å². The van der Waals surface area contributed by atoms with Gasteiger partial charge in [-0.1, -0.05) is 28.1 Å². The zero-order valence-corrected chi connectivity index (χ0v) is 10.2. The van der Waals surface area contributed by atoms with Crippen molar-refractivity contribution in [2.75, 3.05) is 11.9 Å². The molecule has 16 heavy (non-hydrogen) atoms. The van der Waals surface area contributed by atoms with Gasteiger partial charge in [0.1, 0.15) is 5.82 Å². The molecular weight excluding hydrogens is 266 g/mol. The molecule has 3 rings (SSSR count). The molecular formula is C12H10BrN3. The Morgan fingerprint density at radius 2 is 2.00 bits per heavy atom. The molecule has 4 heteroatoms. The van der Waals surface area contributed by atoms with E-state index in [1.54, 1.807) is 0 Å². The molecule has 0 aliphatic carbocycles. The van der Waals surface area contributed by atoms with Gasteiger partial charge in [0.2, 0.25) is 0 Å². The molecule has 0 saturated heterocycles. The second kappa shape index (κ2) is 3.87. The standard InChI is InChI=1S/C12H10BrN3/c13-9-3-1-8(2-4-9)11-7-15-12-10(16-11)5-6-14-12/h1-4,7H,5-6H2,(H,14,15). The summed E-state index contributed by atoms with van der Waals surface area (Å²) in [4.78, 5) is 8.99. The summed E-state index contributed by atoms with van der Waals surface area (Å²) < 4.78 is 1.08. The molecule has 0 saturated carbocycles. The first-order valence-electron chi connectivity index (χ1n) is 5.19. The van der Waals surface area contributed by atoms with Crippen molar-refractivity contribution in [2.24, 2.45) is 0 Å². The number of fused-ring (bicyclic) bond motifs is 1. The zero-order valence-electron chi connectivity index (χ0n) is 8.57. The van der Waals surface area contributed by atoms with E-state index >= 15 is 0 Å². The molecule has 1 aromatic carbocycles. The number of rotatable bonds is 1. The molecule has 0 bridgehead atoms. The van der Waals surface area contributed by atoms with Gasteiger partial charge in [-0.05, 0) is 12.1 Å². The van der Waals surface area contributed by atoms with E-state index in [2.05, 4.69) is 31.2 Å². The van der Waals surface area contributed by atoms with Crippen molar-refractivity contribution >= 4 is 21.7 Å². The Bertz CT molecular complexity index is 522. The number of hydrogen-bond acceptors (Lipinski definition) is 3. The fourth-order valence-electron chi connectivity index (χ4n) is 1.81. The lowest BCUT2D eigenvalue weighted by Crippen LogP contribution is -1.94. The second-order valence-electron chi connectivity index (χ2n) is 3.73. The van der Waals surface area contributed by atoms with Crippen LogP contribution in [0, 0.1) is 0 Å². The van der Waals surface area contributed by atoms with E-state index in [9.17, 15) is 0 Å². The number of benzene rings is 1. The minimum Gasteiger partial charge on any atom is -0.368 e. The first-order valence-corrected chi connectivity index (χ1v) is 5.98. The summed E-state index contributed by atoms with van der Waals surface area (Å²) >= 11 is 3.42. The van der Waals surface area contributed by atoms with Gasteiger partial charge < -0.3 is 5.32 Å². The maximum Gasteiger partial charge on any atom is 0.147 e. The molecule has 80 valence electrons. The highest BCUT2D eigenvalue weighted by Gasteiger charge is 2.13. The second-order valence-corrected chi connectivity index (χ2v) is 4.65. The molecule has 1 aliphatic rings. The number of nitrogens with zero attached hydrogens (tertiary/aromatic N) is 2. The fraction of sp³-hybridized carbons (Fsp3) is 0.167. The Balaban J connectivity index is 2.03. The average molecular weight is 276 g/mol. The Morgan fingerprint density at radius 3 is 2.81 bits per heavy atom. The van der Waals surface area contributed by atoms with Crippen LogP contribution in [-0.2, 0) is 6.42 Å². The van der Waals surface area contributed by atoms with Crippen molar-refractivity contribution in [1.82, 2.24) is 9.97 Å². The molecule has 0 radical (unpaired) electrons. The lowest BCUT2D eigenvalue weighted by Gasteiger charge is -2.03. The number of hydrogen-bond donors (Lipinski definition) is 1. The number of halogens is 1. The van der Waals surface area contributed by atoms with Gasteiger partial charge in [-0.2, -0.15) is 0 Å². The van der Waals surface area contributed by atoms with Gasteiger partial charge in [0, 0.05) is 23.0 Å². The quantitative estimate of drug-likeness (QED) is 0.870. The molecule has 0 spiro atoms. The van der Waals surface area contributed by atoms with Crippen LogP contribution < -0.4 is 5.32 Å². The molecule has 2 aromatic rings. The first-order chi connectivity index (χ1) is 7.83. The summed E-state index contributed by atoms with van der Waals surface area (Å²) in [7, 11) is 0. The summed E-state index contributed by atoms with van der Waals surface area (Å²) in [5.74, 6) is 0.931. The van der Waals surface area contributed by atoms with Crippen LogP contribution in [0.3, 0.4) is 0 Å². The molecule has 1 aromatic heterocycles. The van der Waals surface area contributed by atoms with Gasteiger partial charge in [-0.3, -0.25) is 0 Å². The van der Waals surface area contributed by atoms with E-state index in [1.165, 1.54) is 0 Å². The Hall–Kier alpha value is -1.42. The summed E-state index contributed by atoms with van der Waals surface area (Å²) in [6, 6.07) is 8.12. The fourth-order valence-corrected chi connectivity index (χ4v) is 2.07. The Morgan fingerprint density at radius 1 is 1.19 bits per heavy atom. The van der Waals surface area contributed by atoms with Gasteiger partial charge >= 0.3 is 0 Å². The minimum atomic E-state index is 0.931. The van der Waals surface area contributed by atoms with Crippen LogP contribution in [-0.4, -0.2) is 16.5 Å². The van der Waals surface area contributed by atoms with E-state index in [-0.39, 0.29) is 0 Å². The van der Waals surface area contributed by atoms with Gasteiger partial charge in [-0.15, -0.1) is 0 Å². The van der Waals surface area contributed by atoms with E-state index in [0.29, 0.717) is 0 Å². The van der Waals surface area contributed by atoms with Crippen LogP contribution in [0.25, 0.3) is 11.3 Å². The highest BCUT2D eigenvalue weighted by Crippen LogP contribution is 2.23. The Kier molecular flexibility index (Phi) is 2.36. The minimum absolute atomic E-state index is 0.931. The SMILES string of the molecule is Brc1ccc(-c2cnc3c(n2)CCN3)cc1. The van der Waals surface area contributed by atoms with Crippen molar-refractivity contribution in [2.45, 2.75) is 6.42 Å². The highest BCUT2D eigenvalue weighted by molar-refractivity contribution is 9.10. The van der Waals surface area contributed by atoms with Crippen LogP contribution in [0.4, 0.5) is 5.82 Å². The van der Waals surface area contributed by atoms with Crippen LogP contribution >= 0.6 is 15.9 Å². The third-order valence-electron chi connectivity index (χ3n) is 2.64. The van der Waals surface area contributed by atoms with Gasteiger partial charge in [0.05, 0.1) is 17.6 Å². The topological polar surface area (TPSA) is 37.8 Å². The summed E-state index contributed by atoms with van der Waals surface area (Å²) in [5, 5.41) is 3.21. The van der Waals surface area contributed by atoms with Gasteiger partial charge in [0.15, 0.2) is 0 Å². The van der Waals surface area contributed by atoms with E-state index in [0.717, 1.165) is 40.2 Å². The number of anilines is 1. The van der Waals surface area contributed by atoms with Crippen molar-refractivity contribution in [3.63, 3.8) is 0 Å². The highest BCUT2D eigenvalue weighted by atomic mass is 79.9. The summed E-state index contributed by atoms with van der Waals surface area (Å²) in [5.41, 5.74) is 3.11. The van der Waals surface area contributed by atoms with Crippen molar-refractivity contribution in [3.05, 3.63) is 40.6 Å². The van der Waals surface area contributed by atoms with Crippen molar-refractivity contribution in [3.8, 4) is 11.3 Å². The normalized spacial score (nSPS) is 13.3. The van der Waals surface area contributed by atoms with Crippen LogP contribution in [0.15, 0.2) is 34.9 Å². The zero-order chi connectivity index (χ0) is 11.0. The third-order valence-corrected chi connectivity index (χ3v) is 3.17. The molecule has 1 aliphatic heterocycles. The maximum absolute atomic E-state index is 4.61. The van der Waals surface area contributed by atoms with Gasteiger partial charge in [-0.25, -0.2) is 9.97 Å². The van der Waals surface area contributed by atoms with Crippen molar-refractivity contribution in [1.29, 1.82) is 0 Å². The summed E-state index contributed by atoms with van der Waals surface area (Å²) in [6.07, 6.45) is 2.78. The predicted molar refractivity (Wildman–Crippen MR) is 67.4 cm³/mol. The molecule has 3 nitrogen and oxygen atoms in total. The van der Waals surface area contributed by atoms with Gasteiger partial charge in [0.25, 0.3) is 0 Å². The van der Waals surface area contributed by atoms with Crippen molar-refractivity contribution < 1.29 is 0 Å². The summed E-state index contributed by atoms with van der Waals surface area (Å²) in [6.45, 7) is 0.944. The Labute approximate surface area is 102 Å². The largest absolute Gasteiger partial charge is 0.368 e. The molecule has 1 N–H and O–H groups in total. The van der Waals surface area contributed by atoms with Crippen LogP contribution in [0.1, 0.15) is 5.69 Å². The lowest BCUT2D eigenvalue weighted by molar-refractivity contribution is 1.04. The first kappa shape index (κ1) is 9.78. The molecule has 0 fully saturated rings. The smallest absolute Gasteiger partial charge is 0.147 e. The number of aromatic nitrogens is 2. The molecule has 0 unspecified atom stereocenters. The lowest BCUT2D eigenvalue weighted by atomic mass is 10.1. The maximum atomic E-state index is 4.61. The molecule has 0 amide bonds. The average Bonchev–Trinajstić information content (AvgIpc) is 2.77. The number of nitrogens with one attached hydrogen (secondary N) is 1. The predicted octanol–water partition coefficient (Wildman–Crippen LogP) is 2.87. The monoisotopic (exact) mass is 275 g/mol. The van der Waals surface area contributed by atoms with Crippen LogP contribution in [0.2, 0.25) is 0 Å². The molecule has 2 heterocycles. The molecule has 0 atom stereocenters. The van der Waals surface area contributed by atoms with Crippen LogP contribution in [0.5, 0.6) is 0 Å².